The van der Waals surface area contributed by atoms with Crippen molar-refractivity contribution in [2.24, 2.45) is 0 Å². The Morgan fingerprint density at radius 2 is 2.28 bits per heavy atom. The molecule has 0 aliphatic carbocycles. The molecule has 1 saturated heterocycles. The Bertz CT molecular complexity index is 444. The van der Waals surface area contributed by atoms with E-state index in [9.17, 15) is 9.18 Å². The first-order valence-corrected chi connectivity index (χ1v) is 6.63. The number of halogens is 3. The van der Waals surface area contributed by atoms with Gasteiger partial charge >= 0.3 is 0 Å². The fourth-order valence-corrected chi connectivity index (χ4v) is 2.66. The lowest BCUT2D eigenvalue weighted by atomic mass is 10.1. The minimum atomic E-state index is -0.306. The molecule has 0 unspecified atom stereocenters. The Hall–Kier alpha value is -0.400. The Morgan fingerprint density at radius 1 is 1.56 bits per heavy atom. The first kappa shape index (κ1) is 15.7. The zero-order chi connectivity index (χ0) is 12.4. The van der Waals surface area contributed by atoms with Gasteiger partial charge in [0.15, 0.2) is 0 Å². The van der Waals surface area contributed by atoms with Crippen molar-refractivity contribution in [3.63, 3.8) is 0 Å². The maximum Gasteiger partial charge on any atom is 0.255 e. The SMILES string of the molecule is C[C@H]1CN(C(=O)c2ccc(F)cc2I)CCN1.Cl. The van der Waals surface area contributed by atoms with E-state index in [1.165, 1.54) is 12.1 Å². The minimum Gasteiger partial charge on any atom is -0.336 e. The number of hydrogen-bond acceptors (Lipinski definition) is 2. The fourth-order valence-electron chi connectivity index (χ4n) is 1.95. The number of nitrogens with one attached hydrogen (secondary N) is 1. The van der Waals surface area contributed by atoms with Gasteiger partial charge in [0, 0.05) is 29.2 Å². The number of hydrogen-bond donors (Lipinski definition) is 1. The lowest BCUT2D eigenvalue weighted by Crippen LogP contribution is -2.51. The van der Waals surface area contributed by atoms with Crippen LogP contribution in [0.5, 0.6) is 0 Å². The van der Waals surface area contributed by atoms with Crippen molar-refractivity contribution in [3.05, 3.63) is 33.1 Å². The molecule has 1 amide bonds. The van der Waals surface area contributed by atoms with Crippen molar-refractivity contribution in [1.29, 1.82) is 0 Å². The molecule has 18 heavy (non-hydrogen) atoms. The van der Waals surface area contributed by atoms with Gasteiger partial charge in [0.25, 0.3) is 5.91 Å². The summed E-state index contributed by atoms with van der Waals surface area (Å²) in [6, 6.07) is 4.60. The summed E-state index contributed by atoms with van der Waals surface area (Å²) in [4.78, 5) is 14.1. The largest absolute Gasteiger partial charge is 0.336 e. The molecule has 100 valence electrons. The summed E-state index contributed by atoms with van der Waals surface area (Å²) in [5.74, 6) is -0.317. The number of carbonyl (C=O) groups is 1. The van der Waals surface area contributed by atoms with Gasteiger partial charge in [-0.3, -0.25) is 4.79 Å². The molecule has 1 aliphatic heterocycles. The van der Waals surface area contributed by atoms with E-state index in [1.807, 2.05) is 27.5 Å². The molecule has 0 radical (unpaired) electrons. The molecule has 2 rings (SSSR count). The number of rotatable bonds is 1. The molecule has 1 fully saturated rings. The molecule has 3 nitrogen and oxygen atoms in total. The summed E-state index contributed by atoms with van der Waals surface area (Å²) in [5, 5.41) is 3.29. The lowest BCUT2D eigenvalue weighted by molar-refractivity contribution is 0.0708. The van der Waals surface area contributed by atoms with Crippen molar-refractivity contribution in [2.45, 2.75) is 13.0 Å². The second kappa shape index (κ2) is 6.68. The van der Waals surface area contributed by atoms with Crippen molar-refractivity contribution < 1.29 is 9.18 Å². The normalized spacial score (nSPS) is 19.3. The highest BCUT2D eigenvalue weighted by atomic mass is 127. The predicted octanol–water partition coefficient (Wildman–Crippen LogP) is 2.29. The predicted molar refractivity (Wildman–Crippen MR) is 79.7 cm³/mol. The monoisotopic (exact) mass is 384 g/mol. The van der Waals surface area contributed by atoms with Crippen molar-refractivity contribution in [1.82, 2.24) is 10.2 Å². The maximum atomic E-state index is 13.0. The van der Waals surface area contributed by atoms with Crippen molar-refractivity contribution >= 4 is 40.9 Å². The van der Waals surface area contributed by atoms with Crippen LogP contribution in [0.1, 0.15) is 17.3 Å². The zero-order valence-corrected chi connectivity index (χ0v) is 12.9. The van der Waals surface area contributed by atoms with Crippen LogP contribution in [0.2, 0.25) is 0 Å². The molecular formula is C12H15ClFIN2O. The molecule has 1 N–H and O–H groups in total. The van der Waals surface area contributed by atoms with E-state index in [0.717, 1.165) is 6.54 Å². The van der Waals surface area contributed by atoms with Crippen LogP contribution >= 0.6 is 35.0 Å². The van der Waals surface area contributed by atoms with Crippen LogP contribution in [-0.4, -0.2) is 36.5 Å². The summed E-state index contributed by atoms with van der Waals surface area (Å²) in [6.07, 6.45) is 0. The Balaban J connectivity index is 0.00000162. The first-order valence-electron chi connectivity index (χ1n) is 5.55. The lowest BCUT2D eigenvalue weighted by Gasteiger charge is -2.32. The highest BCUT2D eigenvalue weighted by molar-refractivity contribution is 14.1. The third kappa shape index (κ3) is 3.55. The third-order valence-electron chi connectivity index (χ3n) is 2.82. The summed E-state index contributed by atoms with van der Waals surface area (Å²) in [7, 11) is 0. The molecule has 0 spiro atoms. The molecule has 1 aromatic carbocycles. The zero-order valence-electron chi connectivity index (χ0n) is 9.95. The first-order chi connectivity index (χ1) is 8.08. The van der Waals surface area contributed by atoms with Gasteiger partial charge in [-0.2, -0.15) is 0 Å². The van der Waals surface area contributed by atoms with Crippen LogP contribution in [0, 0.1) is 9.39 Å². The van der Waals surface area contributed by atoms with Crippen LogP contribution in [0.3, 0.4) is 0 Å². The quantitative estimate of drug-likeness (QED) is 0.754. The second-order valence-electron chi connectivity index (χ2n) is 4.23. The van der Waals surface area contributed by atoms with Crippen LogP contribution in [-0.2, 0) is 0 Å². The number of piperazine rings is 1. The number of benzene rings is 1. The molecule has 1 aromatic rings. The van der Waals surface area contributed by atoms with E-state index in [-0.39, 0.29) is 24.1 Å². The molecule has 1 heterocycles. The van der Waals surface area contributed by atoms with Crippen LogP contribution in [0.25, 0.3) is 0 Å². The Kier molecular flexibility index (Phi) is 5.81. The highest BCUT2D eigenvalue weighted by Crippen LogP contribution is 2.16. The van der Waals surface area contributed by atoms with Gasteiger partial charge < -0.3 is 10.2 Å². The van der Waals surface area contributed by atoms with E-state index in [0.29, 0.717) is 28.3 Å². The molecular weight excluding hydrogens is 370 g/mol. The molecule has 0 bridgehead atoms. The van der Waals surface area contributed by atoms with Crippen LogP contribution in [0.4, 0.5) is 4.39 Å². The smallest absolute Gasteiger partial charge is 0.255 e. The second-order valence-corrected chi connectivity index (χ2v) is 5.39. The summed E-state index contributed by atoms with van der Waals surface area (Å²) < 4.78 is 13.6. The average molecular weight is 385 g/mol. The van der Waals surface area contributed by atoms with Gasteiger partial charge in [-0.05, 0) is 47.7 Å². The summed E-state index contributed by atoms with van der Waals surface area (Å²) >= 11 is 2.00. The van der Waals surface area contributed by atoms with E-state index in [2.05, 4.69) is 12.2 Å². The summed E-state index contributed by atoms with van der Waals surface area (Å²) in [6.45, 7) is 4.27. The summed E-state index contributed by atoms with van der Waals surface area (Å²) in [5.41, 5.74) is 0.584. The van der Waals surface area contributed by atoms with Crippen LogP contribution in [0.15, 0.2) is 18.2 Å². The van der Waals surface area contributed by atoms with E-state index in [1.54, 1.807) is 6.07 Å². The third-order valence-corrected chi connectivity index (χ3v) is 3.71. The average Bonchev–Trinajstić information content (AvgIpc) is 2.28. The van der Waals surface area contributed by atoms with Crippen molar-refractivity contribution in [3.8, 4) is 0 Å². The van der Waals surface area contributed by atoms with E-state index < -0.39 is 0 Å². The Morgan fingerprint density at radius 3 is 2.89 bits per heavy atom. The minimum absolute atomic E-state index is 0. The van der Waals surface area contributed by atoms with Gasteiger partial charge in [-0.15, -0.1) is 12.4 Å². The van der Waals surface area contributed by atoms with E-state index >= 15 is 0 Å². The molecule has 6 heteroatoms. The molecule has 1 aliphatic rings. The van der Waals surface area contributed by atoms with Gasteiger partial charge in [-0.25, -0.2) is 4.39 Å². The van der Waals surface area contributed by atoms with E-state index in [4.69, 9.17) is 0 Å². The Labute approximate surface area is 126 Å². The number of nitrogens with zero attached hydrogens (tertiary/aromatic N) is 1. The highest BCUT2D eigenvalue weighted by Gasteiger charge is 2.23. The number of amides is 1. The number of carbonyl (C=O) groups excluding carboxylic acids is 1. The standard InChI is InChI=1S/C12H14FIN2O.ClH/c1-8-7-16(5-4-15-8)12(17)10-3-2-9(13)6-11(10)14;/h2-3,6,8,15H,4-5,7H2,1H3;1H/t8-;/m0./s1. The topological polar surface area (TPSA) is 32.3 Å². The van der Waals surface area contributed by atoms with Gasteiger partial charge in [0.05, 0.1) is 5.56 Å². The van der Waals surface area contributed by atoms with Gasteiger partial charge in [-0.1, -0.05) is 0 Å². The molecule has 0 saturated carbocycles. The molecule has 0 aromatic heterocycles. The van der Waals surface area contributed by atoms with Crippen LogP contribution < -0.4 is 5.32 Å². The maximum absolute atomic E-state index is 13.0. The fraction of sp³-hybridized carbons (Fsp3) is 0.417. The van der Waals surface area contributed by atoms with Crippen molar-refractivity contribution in [2.75, 3.05) is 19.6 Å². The van der Waals surface area contributed by atoms with Gasteiger partial charge in [0.2, 0.25) is 0 Å². The molecule has 1 atom stereocenters. The van der Waals surface area contributed by atoms with Gasteiger partial charge in [0.1, 0.15) is 5.82 Å².